The van der Waals surface area contributed by atoms with Crippen molar-refractivity contribution in [3.63, 3.8) is 0 Å². The summed E-state index contributed by atoms with van der Waals surface area (Å²) in [5, 5.41) is 2.73. The highest BCUT2D eigenvalue weighted by Gasteiger charge is 2.33. The highest BCUT2D eigenvalue weighted by Crippen LogP contribution is 2.29. The van der Waals surface area contributed by atoms with Gasteiger partial charge in [-0.05, 0) is 43.0 Å². The molecule has 1 fully saturated rings. The van der Waals surface area contributed by atoms with Crippen molar-refractivity contribution in [1.29, 1.82) is 0 Å². The molecule has 0 aliphatic carbocycles. The number of primary amides is 1. The fourth-order valence-electron chi connectivity index (χ4n) is 3.06. The zero-order chi connectivity index (χ0) is 16.6. The van der Waals surface area contributed by atoms with Crippen molar-refractivity contribution < 1.29 is 18.0 Å². The summed E-state index contributed by atoms with van der Waals surface area (Å²) in [6, 6.07) is 4.72. The van der Waals surface area contributed by atoms with Crippen molar-refractivity contribution in [2.45, 2.75) is 30.6 Å². The average Bonchev–Trinajstić information content (AvgIpc) is 2.54. The highest BCUT2D eigenvalue weighted by molar-refractivity contribution is 7.89. The SMILES string of the molecule is NC(=O)[C@@H]1CCCN(S(=O)(=O)c2ccc3c(c2)CCC(=O)N3)C1. The zero-order valence-electron chi connectivity index (χ0n) is 12.6. The van der Waals surface area contributed by atoms with Gasteiger partial charge < -0.3 is 11.1 Å². The number of hydrogen-bond donors (Lipinski definition) is 2. The molecular weight excluding hydrogens is 318 g/mol. The number of benzene rings is 1. The predicted octanol–water partition coefficient (Wildman–Crippen LogP) is 0.457. The molecule has 7 nitrogen and oxygen atoms in total. The third-order valence-corrected chi connectivity index (χ3v) is 6.26. The molecular formula is C15H19N3O4S. The molecule has 2 amide bonds. The minimum atomic E-state index is -3.66. The number of piperidine rings is 1. The van der Waals surface area contributed by atoms with Gasteiger partial charge in [-0.2, -0.15) is 4.31 Å². The maximum absolute atomic E-state index is 12.8. The second-order valence-corrected chi connectivity index (χ2v) is 7.91. The summed E-state index contributed by atoms with van der Waals surface area (Å²) in [6.07, 6.45) is 2.11. The first-order valence-corrected chi connectivity index (χ1v) is 9.04. The number of fused-ring (bicyclic) bond motifs is 1. The van der Waals surface area contributed by atoms with Crippen LogP contribution in [0, 0.1) is 5.92 Å². The second-order valence-electron chi connectivity index (χ2n) is 5.97. The molecule has 0 radical (unpaired) electrons. The predicted molar refractivity (Wildman–Crippen MR) is 84.1 cm³/mol. The zero-order valence-corrected chi connectivity index (χ0v) is 13.4. The normalized spacial score (nSPS) is 22.3. The van der Waals surface area contributed by atoms with E-state index in [0.717, 1.165) is 5.56 Å². The Morgan fingerprint density at radius 1 is 1.30 bits per heavy atom. The molecule has 124 valence electrons. The molecule has 0 saturated carbocycles. The Morgan fingerprint density at radius 2 is 2.09 bits per heavy atom. The van der Waals surface area contributed by atoms with Gasteiger partial charge in [0.05, 0.1) is 10.8 Å². The Hall–Kier alpha value is -1.93. The van der Waals surface area contributed by atoms with Crippen molar-refractivity contribution in [1.82, 2.24) is 4.31 Å². The lowest BCUT2D eigenvalue weighted by atomic mass is 9.99. The van der Waals surface area contributed by atoms with E-state index < -0.39 is 21.8 Å². The Kier molecular flexibility index (Phi) is 4.11. The van der Waals surface area contributed by atoms with Crippen molar-refractivity contribution in [3.8, 4) is 0 Å². The van der Waals surface area contributed by atoms with E-state index in [2.05, 4.69) is 5.32 Å². The van der Waals surface area contributed by atoms with Crippen LogP contribution in [0.15, 0.2) is 23.1 Å². The van der Waals surface area contributed by atoms with Gasteiger partial charge in [-0.15, -0.1) is 0 Å². The van der Waals surface area contributed by atoms with E-state index in [9.17, 15) is 18.0 Å². The van der Waals surface area contributed by atoms with E-state index >= 15 is 0 Å². The van der Waals surface area contributed by atoms with Gasteiger partial charge in [0.25, 0.3) is 0 Å². The monoisotopic (exact) mass is 337 g/mol. The van der Waals surface area contributed by atoms with E-state index in [1.807, 2.05) is 0 Å². The number of carbonyl (C=O) groups excluding carboxylic acids is 2. The van der Waals surface area contributed by atoms with E-state index in [-0.39, 0.29) is 17.3 Å². The van der Waals surface area contributed by atoms with E-state index in [4.69, 9.17) is 5.73 Å². The standard InChI is InChI=1S/C15H19N3O4S/c16-15(20)11-2-1-7-18(9-11)23(21,22)12-4-5-13-10(8-12)3-6-14(19)17-13/h4-5,8,11H,1-3,6-7,9H2,(H2,16,20)(H,17,19)/t11-/m1/s1. The van der Waals surface area contributed by atoms with Crippen LogP contribution in [0.3, 0.4) is 0 Å². The molecule has 1 saturated heterocycles. The van der Waals surface area contributed by atoms with Gasteiger partial charge in [-0.3, -0.25) is 9.59 Å². The number of nitrogens with two attached hydrogens (primary N) is 1. The quantitative estimate of drug-likeness (QED) is 0.835. The lowest BCUT2D eigenvalue weighted by Gasteiger charge is -2.30. The van der Waals surface area contributed by atoms with Crippen molar-refractivity contribution in [2.24, 2.45) is 11.7 Å². The molecule has 2 aliphatic heterocycles. The van der Waals surface area contributed by atoms with Crippen LogP contribution in [-0.4, -0.2) is 37.6 Å². The summed E-state index contributed by atoms with van der Waals surface area (Å²) < 4.78 is 26.9. The summed E-state index contributed by atoms with van der Waals surface area (Å²) in [6.45, 7) is 0.519. The van der Waals surface area contributed by atoms with Crippen LogP contribution in [0.5, 0.6) is 0 Å². The largest absolute Gasteiger partial charge is 0.369 e. The highest BCUT2D eigenvalue weighted by atomic mass is 32.2. The van der Waals surface area contributed by atoms with Crippen LogP contribution >= 0.6 is 0 Å². The van der Waals surface area contributed by atoms with Crippen LogP contribution in [0.1, 0.15) is 24.8 Å². The summed E-state index contributed by atoms with van der Waals surface area (Å²) >= 11 is 0. The molecule has 3 N–H and O–H groups in total. The van der Waals surface area contributed by atoms with Gasteiger partial charge in [0.1, 0.15) is 0 Å². The van der Waals surface area contributed by atoms with Gasteiger partial charge in [-0.25, -0.2) is 8.42 Å². The number of nitrogens with zero attached hydrogens (tertiary/aromatic N) is 1. The van der Waals surface area contributed by atoms with Gasteiger partial charge in [0, 0.05) is 25.2 Å². The first-order valence-electron chi connectivity index (χ1n) is 7.60. The number of aryl methyl sites for hydroxylation is 1. The lowest BCUT2D eigenvalue weighted by Crippen LogP contribution is -2.44. The molecule has 1 atom stereocenters. The Morgan fingerprint density at radius 3 is 2.83 bits per heavy atom. The number of amides is 2. The number of sulfonamides is 1. The van der Waals surface area contributed by atoms with Crippen molar-refractivity contribution >= 4 is 27.5 Å². The third kappa shape index (κ3) is 3.09. The number of nitrogens with one attached hydrogen (secondary N) is 1. The maximum atomic E-state index is 12.8. The lowest BCUT2D eigenvalue weighted by molar-refractivity contribution is -0.122. The molecule has 0 aromatic heterocycles. The minimum Gasteiger partial charge on any atom is -0.369 e. The van der Waals surface area contributed by atoms with E-state index in [1.165, 1.54) is 10.4 Å². The first kappa shape index (κ1) is 15.9. The fourth-order valence-corrected chi connectivity index (χ4v) is 4.64. The average molecular weight is 337 g/mol. The molecule has 0 spiro atoms. The molecule has 0 bridgehead atoms. The summed E-state index contributed by atoms with van der Waals surface area (Å²) in [5.74, 6) is -0.957. The number of carbonyl (C=O) groups is 2. The smallest absolute Gasteiger partial charge is 0.243 e. The Balaban J connectivity index is 1.88. The van der Waals surface area contributed by atoms with Gasteiger partial charge in [-0.1, -0.05) is 0 Å². The van der Waals surface area contributed by atoms with Crippen LogP contribution < -0.4 is 11.1 Å². The third-order valence-electron chi connectivity index (χ3n) is 4.40. The van der Waals surface area contributed by atoms with Crippen molar-refractivity contribution in [3.05, 3.63) is 23.8 Å². The summed E-state index contributed by atoms with van der Waals surface area (Å²) in [7, 11) is -3.66. The summed E-state index contributed by atoms with van der Waals surface area (Å²) in [5.41, 5.74) is 6.79. The molecule has 1 aromatic rings. The Labute approximate surface area is 134 Å². The molecule has 23 heavy (non-hydrogen) atoms. The molecule has 8 heteroatoms. The molecule has 2 aliphatic rings. The van der Waals surface area contributed by atoms with Gasteiger partial charge in [0.2, 0.25) is 21.8 Å². The molecule has 1 aromatic carbocycles. The van der Waals surface area contributed by atoms with Crippen molar-refractivity contribution in [2.75, 3.05) is 18.4 Å². The van der Waals surface area contributed by atoms with Crippen LogP contribution in [0.25, 0.3) is 0 Å². The second kappa shape index (κ2) is 5.93. The van der Waals surface area contributed by atoms with E-state index in [1.54, 1.807) is 12.1 Å². The van der Waals surface area contributed by atoms with E-state index in [0.29, 0.717) is 37.9 Å². The van der Waals surface area contributed by atoms with Crippen LogP contribution in [0.4, 0.5) is 5.69 Å². The number of anilines is 1. The van der Waals surface area contributed by atoms with Crippen LogP contribution in [0.2, 0.25) is 0 Å². The summed E-state index contributed by atoms with van der Waals surface area (Å²) in [4.78, 5) is 22.9. The maximum Gasteiger partial charge on any atom is 0.243 e. The molecule has 3 rings (SSSR count). The Bertz CT molecular complexity index is 760. The van der Waals surface area contributed by atoms with Gasteiger partial charge in [0.15, 0.2) is 0 Å². The number of hydrogen-bond acceptors (Lipinski definition) is 4. The fraction of sp³-hybridized carbons (Fsp3) is 0.467. The van der Waals surface area contributed by atoms with Gasteiger partial charge >= 0.3 is 0 Å². The number of rotatable bonds is 3. The molecule has 0 unspecified atom stereocenters. The minimum absolute atomic E-state index is 0.0616. The first-order chi connectivity index (χ1) is 10.9. The topological polar surface area (TPSA) is 110 Å². The molecule has 2 heterocycles. The van der Waals surface area contributed by atoms with Crippen LogP contribution in [-0.2, 0) is 26.0 Å².